The molecule has 0 bridgehead atoms. The van der Waals surface area contributed by atoms with Gasteiger partial charge in [-0.2, -0.15) is 0 Å². The van der Waals surface area contributed by atoms with Crippen molar-refractivity contribution in [3.8, 4) is 5.82 Å². The third kappa shape index (κ3) is 2.25. The van der Waals surface area contributed by atoms with Crippen molar-refractivity contribution in [3.63, 3.8) is 0 Å². The van der Waals surface area contributed by atoms with Crippen LogP contribution in [-0.4, -0.2) is 14.5 Å². The van der Waals surface area contributed by atoms with Crippen LogP contribution in [0.1, 0.15) is 0 Å². The van der Waals surface area contributed by atoms with E-state index in [2.05, 4.69) is 39.9 Å². The Kier molecular flexibility index (Phi) is 3.30. The van der Waals surface area contributed by atoms with Crippen LogP contribution in [0.5, 0.6) is 0 Å². The molecule has 0 fully saturated rings. The van der Waals surface area contributed by atoms with Gasteiger partial charge in [-0.15, -0.1) is 0 Å². The number of aromatic nitrogens is 3. The quantitative estimate of drug-likeness (QED) is 0.281. The monoisotopic (exact) mass is 419 g/mol. The summed E-state index contributed by atoms with van der Waals surface area (Å²) < 4.78 is 8.42. The smallest absolute Gasteiger partial charge is 0.176 e. The third-order valence-corrected chi connectivity index (χ3v) is 6.16. The van der Waals surface area contributed by atoms with Crippen LogP contribution in [0, 0.1) is 0 Å². The van der Waals surface area contributed by atoms with E-state index in [-0.39, 0.29) is 0 Å². The van der Waals surface area contributed by atoms with Crippen molar-refractivity contribution in [2.75, 3.05) is 0 Å². The van der Waals surface area contributed by atoms with Crippen LogP contribution in [0.25, 0.3) is 60.6 Å². The zero-order chi connectivity index (χ0) is 20.5. The van der Waals surface area contributed by atoms with Crippen LogP contribution in [0.3, 0.4) is 0 Å². The lowest BCUT2D eigenvalue weighted by molar-refractivity contribution is 0.673. The molecule has 0 atom stereocenters. The Morgan fingerprint density at radius 2 is 1.35 bits per heavy atom. The van der Waals surface area contributed by atoms with Gasteiger partial charge in [-0.05, 0) is 36.4 Å². The maximum Gasteiger partial charge on any atom is 0.176 e. The number of furan rings is 1. The van der Waals surface area contributed by atoms with Crippen molar-refractivity contribution in [3.05, 3.63) is 90.1 Å². The molecule has 0 aliphatic rings. The number of fused-ring (bicyclic) bond motifs is 8. The Hall–Kier alpha value is -3.89. The van der Waals surface area contributed by atoms with Crippen LogP contribution >= 0.6 is 11.6 Å². The SMILES string of the molecule is Clc1nc2ccccc2nc1-n1c2ccccc2c2c3oc4ccccc4c3ccc21. The molecule has 3 aromatic heterocycles. The van der Waals surface area contributed by atoms with Gasteiger partial charge in [0, 0.05) is 16.2 Å². The van der Waals surface area contributed by atoms with Gasteiger partial charge in [-0.1, -0.05) is 60.1 Å². The number of para-hydroxylation sites is 4. The van der Waals surface area contributed by atoms with E-state index >= 15 is 0 Å². The average Bonchev–Trinajstić information content (AvgIpc) is 3.34. The van der Waals surface area contributed by atoms with Crippen molar-refractivity contribution >= 4 is 66.4 Å². The molecule has 0 N–H and O–H groups in total. The van der Waals surface area contributed by atoms with E-state index in [1.807, 2.05) is 54.6 Å². The van der Waals surface area contributed by atoms with E-state index in [0.29, 0.717) is 11.0 Å². The van der Waals surface area contributed by atoms with Gasteiger partial charge in [0.15, 0.2) is 11.0 Å². The molecule has 0 aliphatic heterocycles. The first kappa shape index (κ1) is 16.9. The van der Waals surface area contributed by atoms with E-state index < -0.39 is 0 Å². The summed E-state index contributed by atoms with van der Waals surface area (Å²) in [6, 6.07) is 28.4. The van der Waals surface area contributed by atoms with Gasteiger partial charge >= 0.3 is 0 Å². The molecule has 31 heavy (non-hydrogen) atoms. The minimum Gasteiger partial charge on any atom is -0.455 e. The van der Waals surface area contributed by atoms with Gasteiger partial charge in [0.1, 0.15) is 11.2 Å². The van der Waals surface area contributed by atoms with Crippen LogP contribution < -0.4 is 0 Å². The fourth-order valence-electron chi connectivity index (χ4n) is 4.57. The van der Waals surface area contributed by atoms with Gasteiger partial charge in [-0.3, -0.25) is 4.57 Å². The fourth-order valence-corrected chi connectivity index (χ4v) is 4.79. The Balaban J connectivity index is 1.69. The molecule has 5 heteroatoms. The largest absolute Gasteiger partial charge is 0.455 e. The maximum atomic E-state index is 6.66. The summed E-state index contributed by atoms with van der Waals surface area (Å²) in [5, 5.41) is 4.72. The first-order chi connectivity index (χ1) is 15.3. The summed E-state index contributed by atoms with van der Waals surface area (Å²) in [5.74, 6) is 0.613. The molecule has 0 saturated heterocycles. The molecular weight excluding hydrogens is 406 g/mol. The highest BCUT2D eigenvalue weighted by Gasteiger charge is 2.20. The van der Waals surface area contributed by atoms with E-state index in [1.54, 1.807) is 0 Å². The molecule has 146 valence electrons. The van der Waals surface area contributed by atoms with Gasteiger partial charge in [0.05, 0.1) is 27.5 Å². The standard InChI is InChI=1S/C26H14ClN3O/c27-25-26(29-19-10-4-3-9-18(19)28-25)30-20-11-5-1-8-17(20)23-21(30)14-13-16-15-7-2-6-12-22(15)31-24(16)23/h1-14H. The Morgan fingerprint density at radius 1 is 0.645 bits per heavy atom. The lowest BCUT2D eigenvalue weighted by atomic mass is 10.1. The molecule has 0 radical (unpaired) electrons. The predicted molar refractivity (Wildman–Crippen MR) is 126 cm³/mol. The number of hydrogen-bond donors (Lipinski definition) is 0. The van der Waals surface area contributed by atoms with Crippen LogP contribution in [0.2, 0.25) is 5.15 Å². The lowest BCUT2D eigenvalue weighted by Crippen LogP contribution is -2.01. The Labute approximate surface area is 181 Å². The lowest BCUT2D eigenvalue weighted by Gasteiger charge is -2.09. The summed E-state index contributed by atoms with van der Waals surface area (Å²) in [6.07, 6.45) is 0. The molecular formula is C26H14ClN3O. The zero-order valence-corrected chi connectivity index (χ0v) is 17.0. The van der Waals surface area contributed by atoms with E-state index in [4.69, 9.17) is 21.0 Å². The first-order valence-corrected chi connectivity index (χ1v) is 10.4. The number of rotatable bonds is 1. The number of hydrogen-bond acceptors (Lipinski definition) is 3. The van der Waals surface area contributed by atoms with Crippen LogP contribution in [0.4, 0.5) is 0 Å². The molecule has 7 rings (SSSR count). The van der Waals surface area contributed by atoms with Crippen LogP contribution in [0.15, 0.2) is 89.3 Å². The Morgan fingerprint density at radius 3 is 2.23 bits per heavy atom. The van der Waals surface area contributed by atoms with Crippen molar-refractivity contribution in [1.29, 1.82) is 0 Å². The second-order valence-corrected chi connectivity index (χ2v) is 7.97. The Bertz CT molecular complexity index is 1810. The van der Waals surface area contributed by atoms with Crippen molar-refractivity contribution < 1.29 is 4.42 Å². The van der Waals surface area contributed by atoms with Gasteiger partial charge in [0.25, 0.3) is 0 Å². The van der Waals surface area contributed by atoms with Gasteiger partial charge < -0.3 is 4.42 Å². The summed E-state index contributed by atoms with van der Waals surface area (Å²) in [7, 11) is 0. The van der Waals surface area contributed by atoms with Crippen LogP contribution in [-0.2, 0) is 0 Å². The average molecular weight is 420 g/mol. The second-order valence-electron chi connectivity index (χ2n) is 7.61. The zero-order valence-electron chi connectivity index (χ0n) is 16.2. The molecule has 4 aromatic carbocycles. The predicted octanol–water partition coefficient (Wildman–Crippen LogP) is 7.28. The molecule has 0 amide bonds. The van der Waals surface area contributed by atoms with E-state index in [9.17, 15) is 0 Å². The minimum absolute atomic E-state index is 0.367. The fraction of sp³-hybridized carbons (Fsp3) is 0. The highest BCUT2D eigenvalue weighted by Crippen LogP contribution is 2.40. The molecule has 0 spiro atoms. The van der Waals surface area contributed by atoms with E-state index in [0.717, 1.165) is 54.8 Å². The van der Waals surface area contributed by atoms with Gasteiger partial charge in [-0.25, -0.2) is 9.97 Å². The molecule has 4 nitrogen and oxygen atoms in total. The van der Waals surface area contributed by atoms with Crippen molar-refractivity contribution in [1.82, 2.24) is 14.5 Å². The highest BCUT2D eigenvalue weighted by molar-refractivity contribution is 6.32. The number of halogens is 1. The van der Waals surface area contributed by atoms with Gasteiger partial charge in [0.2, 0.25) is 0 Å². The highest BCUT2D eigenvalue weighted by atomic mass is 35.5. The van der Waals surface area contributed by atoms with E-state index in [1.165, 1.54) is 0 Å². The second kappa shape index (κ2) is 6.06. The summed E-state index contributed by atoms with van der Waals surface area (Å²) >= 11 is 6.66. The molecule has 0 unspecified atom stereocenters. The number of benzene rings is 4. The topological polar surface area (TPSA) is 43.9 Å². The molecule has 3 heterocycles. The third-order valence-electron chi connectivity index (χ3n) is 5.90. The summed E-state index contributed by atoms with van der Waals surface area (Å²) in [4.78, 5) is 9.48. The summed E-state index contributed by atoms with van der Waals surface area (Å²) in [5.41, 5.74) is 5.33. The van der Waals surface area contributed by atoms with Crippen molar-refractivity contribution in [2.45, 2.75) is 0 Å². The van der Waals surface area contributed by atoms with Crippen molar-refractivity contribution in [2.24, 2.45) is 0 Å². The molecule has 7 aromatic rings. The normalized spacial score (nSPS) is 12.0. The summed E-state index contributed by atoms with van der Waals surface area (Å²) in [6.45, 7) is 0. The molecule has 0 saturated carbocycles. The minimum atomic E-state index is 0.367. The number of nitrogens with zero attached hydrogens (tertiary/aromatic N) is 3. The molecule has 0 aliphatic carbocycles. The maximum absolute atomic E-state index is 6.66. The first-order valence-electron chi connectivity index (χ1n) is 10.1.